The van der Waals surface area contributed by atoms with Crippen LogP contribution in [0.4, 0.5) is 5.69 Å². The molecule has 3 rings (SSSR count). The number of pyridine rings is 1. The number of anilines is 1. The van der Waals surface area contributed by atoms with Gasteiger partial charge in [-0.25, -0.2) is 13.4 Å². The third-order valence-corrected chi connectivity index (χ3v) is 6.81. The Balaban J connectivity index is 1.85. The zero-order valence-corrected chi connectivity index (χ0v) is 17.8. The molecule has 1 N–H and O–H groups in total. The van der Waals surface area contributed by atoms with Crippen molar-refractivity contribution in [2.75, 3.05) is 45.2 Å². The van der Waals surface area contributed by atoms with E-state index in [2.05, 4.69) is 15.2 Å². The average molecular weight is 439 g/mol. The van der Waals surface area contributed by atoms with E-state index in [0.717, 1.165) is 0 Å². The van der Waals surface area contributed by atoms with Crippen LogP contribution in [0.25, 0.3) is 0 Å². The maximum atomic E-state index is 13.0. The van der Waals surface area contributed by atoms with Crippen LogP contribution >= 0.6 is 11.6 Å². The van der Waals surface area contributed by atoms with Gasteiger partial charge in [0.15, 0.2) is 0 Å². The second-order valence-corrected chi connectivity index (χ2v) is 8.94. The molecular weight excluding hydrogens is 416 g/mol. The summed E-state index contributed by atoms with van der Waals surface area (Å²) in [5, 5.41) is 2.90. The number of amides is 1. The number of halogens is 1. The second-order valence-electron chi connectivity index (χ2n) is 6.59. The Morgan fingerprint density at radius 2 is 1.97 bits per heavy atom. The van der Waals surface area contributed by atoms with Gasteiger partial charge < -0.3 is 15.0 Å². The first-order valence-electron chi connectivity index (χ1n) is 9.20. The second kappa shape index (κ2) is 9.08. The van der Waals surface area contributed by atoms with E-state index >= 15 is 0 Å². The molecule has 1 aliphatic heterocycles. The maximum absolute atomic E-state index is 13.0. The molecule has 0 atom stereocenters. The SMILES string of the molecule is CCOc1ncccc1C(=O)Nc1cc(S(=O)(=O)N2CCN(C)CC2)ccc1Cl. The fourth-order valence-corrected chi connectivity index (χ4v) is 4.56. The zero-order chi connectivity index (χ0) is 21.0. The minimum atomic E-state index is -3.68. The molecule has 1 aliphatic rings. The molecule has 1 aromatic heterocycles. The van der Waals surface area contributed by atoms with Crippen molar-refractivity contribution >= 4 is 33.2 Å². The van der Waals surface area contributed by atoms with Crippen molar-refractivity contribution in [2.45, 2.75) is 11.8 Å². The number of likely N-dealkylation sites (N-methyl/N-ethyl adjacent to an activating group) is 1. The lowest BCUT2D eigenvalue weighted by Gasteiger charge is -2.31. The van der Waals surface area contributed by atoms with E-state index < -0.39 is 15.9 Å². The number of ether oxygens (including phenoxy) is 1. The normalized spacial score (nSPS) is 15.8. The van der Waals surface area contributed by atoms with Crippen LogP contribution in [-0.2, 0) is 10.0 Å². The number of nitrogens with one attached hydrogen (secondary N) is 1. The van der Waals surface area contributed by atoms with Crippen LogP contribution in [0.15, 0.2) is 41.4 Å². The highest BCUT2D eigenvalue weighted by Gasteiger charge is 2.28. The number of hydrogen-bond donors (Lipinski definition) is 1. The number of piperazine rings is 1. The van der Waals surface area contributed by atoms with Crippen molar-refractivity contribution < 1.29 is 17.9 Å². The number of benzene rings is 1. The predicted molar refractivity (Wildman–Crippen MR) is 111 cm³/mol. The summed E-state index contributed by atoms with van der Waals surface area (Å²) in [7, 11) is -1.73. The maximum Gasteiger partial charge on any atom is 0.261 e. The topological polar surface area (TPSA) is 91.8 Å². The van der Waals surface area contributed by atoms with Crippen LogP contribution in [-0.4, -0.2) is 68.3 Å². The summed E-state index contributed by atoms with van der Waals surface area (Å²) in [4.78, 5) is 18.9. The summed E-state index contributed by atoms with van der Waals surface area (Å²) in [6.07, 6.45) is 1.53. The summed E-state index contributed by atoms with van der Waals surface area (Å²) >= 11 is 6.21. The van der Waals surface area contributed by atoms with Crippen molar-refractivity contribution in [2.24, 2.45) is 0 Å². The first kappa shape index (κ1) is 21.5. The van der Waals surface area contributed by atoms with Crippen molar-refractivity contribution in [1.82, 2.24) is 14.2 Å². The number of aromatic nitrogens is 1. The van der Waals surface area contributed by atoms with E-state index in [1.54, 1.807) is 19.1 Å². The van der Waals surface area contributed by atoms with Gasteiger partial charge in [-0.1, -0.05) is 11.6 Å². The Morgan fingerprint density at radius 3 is 2.66 bits per heavy atom. The molecule has 1 aromatic carbocycles. The average Bonchev–Trinajstić information content (AvgIpc) is 2.70. The van der Waals surface area contributed by atoms with E-state index in [9.17, 15) is 13.2 Å². The Bertz CT molecular complexity index is 991. The van der Waals surface area contributed by atoms with Gasteiger partial charge in [0.1, 0.15) is 5.56 Å². The molecule has 0 saturated carbocycles. The van der Waals surface area contributed by atoms with Gasteiger partial charge in [0, 0.05) is 32.4 Å². The molecule has 1 amide bonds. The fraction of sp³-hybridized carbons (Fsp3) is 0.368. The number of nitrogens with zero attached hydrogens (tertiary/aromatic N) is 3. The van der Waals surface area contributed by atoms with Crippen molar-refractivity contribution in [3.8, 4) is 5.88 Å². The Labute approximate surface area is 175 Å². The van der Waals surface area contributed by atoms with Gasteiger partial charge in [-0.05, 0) is 44.3 Å². The third-order valence-electron chi connectivity index (χ3n) is 4.58. The van der Waals surface area contributed by atoms with Gasteiger partial charge in [-0.2, -0.15) is 4.31 Å². The summed E-state index contributed by atoms with van der Waals surface area (Å²) < 4.78 is 32.8. The Hall–Kier alpha value is -2.20. The first-order valence-corrected chi connectivity index (χ1v) is 11.0. The quantitative estimate of drug-likeness (QED) is 0.744. The molecule has 8 nitrogen and oxygen atoms in total. The standard InChI is InChI=1S/C19H23ClN4O4S/c1-3-28-19-15(5-4-8-21-19)18(25)22-17-13-14(6-7-16(17)20)29(26,27)24-11-9-23(2)10-12-24/h4-8,13H,3,9-12H2,1-2H3,(H,22,25). The van der Waals surface area contributed by atoms with Gasteiger partial charge in [0.05, 0.1) is 22.2 Å². The van der Waals surface area contributed by atoms with E-state index in [1.165, 1.54) is 28.7 Å². The molecule has 0 bridgehead atoms. The lowest BCUT2D eigenvalue weighted by molar-refractivity contribution is 0.102. The monoisotopic (exact) mass is 438 g/mol. The fourth-order valence-electron chi connectivity index (χ4n) is 2.94. The van der Waals surface area contributed by atoms with Crippen LogP contribution < -0.4 is 10.1 Å². The van der Waals surface area contributed by atoms with Crippen molar-refractivity contribution in [1.29, 1.82) is 0 Å². The van der Waals surface area contributed by atoms with E-state index in [0.29, 0.717) is 32.8 Å². The van der Waals surface area contributed by atoms with Crippen LogP contribution in [0, 0.1) is 0 Å². The molecule has 2 heterocycles. The Morgan fingerprint density at radius 1 is 1.24 bits per heavy atom. The van der Waals surface area contributed by atoms with Crippen LogP contribution in [0.3, 0.4) is 0 Å². The summed E-state index contributed by atoms with van der Waals surface area (Å²) in [6, 6.07) is 7.48. The van der Waals surface area contributed by atoms with Crippen LogP contribution in [0.5, 0.6) is 5.88 Å². The van der Waals surface area contributed by atoms with E-state index in [1.807, 2.05) is 7.05 Å². The number of rotatable bonds is 6. The van der Waals surface area contributed by atoms with Crippen LogP contribution in [0.2, 0.25) is 5.02 Å². The van der Waals surface area contributed by atoms with Gasteiger partial charge in [-0.3, -0.25) is 4.79 Å². The summed E-state index contributed by atoms with van der Waals surface area (Å²) in [6.45, 7) is 4.30. The first-order chi connectivity index (χ1) is 13.8. The smallest absolute Gasteiger partial charge is 0.261 e. The number of hydrogen-bond acceptors (Lipinski definition) is 6. The molecular formula is C19H23ClN4O4S. The molecule has 156 valence electrons. The van der Waals surface area contributed by atoms with Gasteiger partial charge in [0.2, 0.25) is 15.9 Å². The molecule has 1 fully saturated rings. The van der Waals surface area contributed by atoms with Gasteiger partial charge >= 0.3 is 0 Å². The lowest BCUT2D eigenvalue weighted by Crippen LogP contribution is -2.47. The summed E-state index contributed by atoms with van der Waals surface area (Å²) in [5.74, 6) is -0.289. The largest absolute Gasteiger partial charge is 0.477 e. The molecule has 10 heteroatoms. The number of carbonyl (C=O) groups excluding carboxylic acids is 1. The van der Waals surface area contributed by atoms with Crippen molar-refractivity contribution in [3.05, 3.63) is 47.1 Å². The molecule has 0 aliphatic carbocycles. The highest BCUT2D eigenvalue weighted by Crippen LogP contribution is 2.28. The van der Waals surface area contributed by atoms with Gasteiger partial charge in [0.25, 0.3) is 5.91 Å². The molecule has 0 radical (unpaired) electrons. The van der Waals surface area contributed by atoms with Crippen molar-refractivity contribution in [3.63, 3.8) is 0 Å². The van der Waals surface area contributed by atoms with Gasteiger partial charge in [-0.15, -0.1) is 0 Å². The molecule has 2 aromatic rings. The number of sulfonamides is 1. The molecule has 1 saturated heterocycles. The molecule has 0 spiro atoms. The summed E-state index contributed by atoms with van der Waals surface area (Å²) in [5.41, 5.74) is 0.441. The highest BCUT2D eigenvalue weighted by molar-refractivity contribution is 7.89. The molecule has 29 heavy (non-hydrogen) atoms. The minimum absolute atomic E-state index is 0.0815. The highest BCUT2D eigenvalue weighted by atomic mass is 35.5. The lowest BCUT2D eigenvalue weighted by atomic mass is 10.2. The van der Waals surface area contributed by atoms with E-state index in [4.69, 9.17) is 16.3 Å². The van der Waals surface area contributed by atoms with Crippen LogP contribution in [0.1, 0.15) is 17.3 Å². The zero-order valence-electron chi connectivity index (χ0n) is 16.3. The number of carbonyl (C=O) groups is 1. The third kappa shape index (κ3) is 4.87. The Kier molecular flexibility index (Phi) is 6.74. The van der Waals surface area contributed by atoms with E-state index in [-0.39, 0.29) is 27.0 Å². The predicted octanol–water partition coefficient (Wildman–Crippen LogP) is 2.32. The minimum Gasteiger partial charge on any atom is -0.477 e. The molecule has 0 unspecified atom stereocenters.